The van der Waals surface area contributed by atoms with E-state index in [1.165, 1.54) is 0 Å². The Morgan fingerprint density at radius 2 is 0.714 bits per heavy atom. The van der Waals surface area contributed by atoms with E-state index in [9.17, 15) is 9.59 Å². The molecule has 0 atom stereocenters. The Hall–Kier alpha value is -7.70. The topological polar surface area (TPSA) is 70.3 Å². The molecule has 0 unspecified atom stereocenters. The van der Waals surface area contributed by atoms with Crippen LogP contribution in [0, 0.1) is 0 Å². The van der Waals surface area contributed by atoms with Crippen molar-refractivity contribution >= 4 is 87.1 Å². The molecular weight excluding hydrogens is 693 g/mol. The third-order valence-electron chi connectivity index (χ3n) is 11.4. The van der Waals surface area contributed by atoms with Gasteiger partial charge in [-0.15, -0.1) is 0 Å². The number of fused-ring (bicyclic) bond motifs is 14. The molecule has 0 saturated heterocycles. The van der Waals surface area contributed by atoms with Crippen molar-refractivity contribution < 1.29 is 8.83 Å². The summed E-state index contributed by atoms with van der Waals surface area (Å²) in [5.41, 5.74) is 7.71. The molecule has 12 rings (SSSR count). The van der Waals surface area contributed by atoms with Crippen molar-refractivity contribution in [3.05, 3.63) is 191 Å². The van der Waals surface area contributed by atoms with Crippen LogP contribution in [0.2, 0.25) is 0 Å². The highest BCUT2D eigenvalue weighted by Gasteiger charge is 2.23. The van der Waals surface area contributed by atoms with Crippen LogP contribution in [0.3, 0.4) is 0 Å². The highest BCUT2D eigenvalue weighted by Crippen LogP contribution is 2.42. The molecule has 0 bridgehead atoms. The summed E-state index contributed by atoms with van der Waals surface area (Å²) >= 11 is 0. The van der Waals surface area contributed by atoms with Crippen molar-refractivity contribution in [2.45, 2.75) is 0 Å². The fraction of sp³-hybridized carbons (Fsp3) is 0. The molecule has 8 aromatic carbocycles. The molecule has 56 heavy (non-hydrogen) atoms. The Kier molecular flexibility index (Phi) is 6.26. The fourth-order valence-corrected chi connectivity index (χ4v) is 8.96. The van der Waals surface area contributed by atoms with Crippen LogP contribution < -0.4 is 11.3 Å². The number of nitrogens with zero attached hydrogens (tertiary/aromatic N) is 2. The van der Waals surface area contributed by atoms with Crippen molar-refractivity contribution in [2.75, 3.05) is 0 Å². The highest BCUT2D eigenvalue weighted by atomic mass is 16.4. The van der Waals surface area contributed by atoms with Gasteiger partial charge in [-0.05, 0) is 76.5 Å². The molecule has 0 saturated carbocycles. The van der Waals surface area contributed by atoms with Crippen molar-refractivity contribution in [1.82, 2.24) is 9.13 Å². The first-order valence-electron chi connectivity index (χ1n) is 18.6. The van der Waals surface area contributed by atoms with E-state index in [0.717, 1.165) is 87.7 Å². The van der Waals surface area contributed by atoms with Crippen LogP contribution >= 0.6 is 0 Å². The predicted octanol–water partition coefficient (Wildman–Crippen LogP) is 12.1. The molecular formula is C50H28N2O4. The molecule has 4 heterocycles. The number of hydrogen-bond acceptors (Lipinski definition) is 4. The summed E-state index contributed by atoms with van der Waals surface area (Å²) in [5, 5.41) is 8.59. The van der Waals surface area contributed by atoms with Crippen molar-refractivity contribution in [3.63, 3.8) is 0 Å². The van der Waals surface area contributed by atoms with E-state index in [1.807, 2.05) is 91.0 Å². The Morgan fingerprint density at radius 3 is 1.20 bits per heavy atom. The molecule has 0 N–H and O–H groups in total. The lowest BCUT2D eigenvalue weighted by molar-refractivity contribution is 0.571. The molecule has 6 nitrogen and oxygen atoms in total. The van der Waals surface area contributed by atoms with Gasteiger partial charge in [0.25, 0.3) is 0 Å². The lowest BCUT2D eigenvalue weighted by Gasteiger charge is -2.16. The van der Waals surface area contributed by atoms with Gasteiger partial charge < -0.3 is 18.0 Å². The molecule has 6 heteroatoms. The first kappa shape index (κ1) is 30.7. The molecule has 0 aliphatic rings. The average molecular weight is 721 g/mol. The zero-order valence-corrected chi connectivity index (χ0v) is 29.7. The summed E-state index contributed by atoms with van der Waals surface area (Å²) in [4.78, 5) is 27.2. The molecule has 0 spiro atoms. The summed E-state index contributed by atoms with van der Waals surface area (Å²) in [6, 6.07) is 57.2. The molecule has 12 aromatic rings. The maximum absolute atomic E-state index is 13.6. The largest absolute Gasteiger partial charge is 0.420 e. The quantitative estimate of drug-likeness (QED) is 0.135. The molecule has 0 aliphatic heterocycles. The minimum Gasteiger partial charge on any atom is -0.420 e. The van der Waals surface area contributed by atoms with E-state index in [0.29, 0.717) is 21.9 Å². The standard InChI is InChI=1S/C50H28N2O4/c53-49-41-18-6-4-14-33(41)39-24-22-37-35-16-8-10-20-43(35)51(45(37)47(39)55-49)31-26-30(29-12-2-1-3-13-29)27-32(28-31)52-44-21-11-9-17-36(44)38-23-25-40-34-15-5-7-19-42(34)50(54)56-48(40)46(38)52/h1-28H. The van der Waals surface area contributed by atoms with Gasteiger partial charge in [-0.3, -0.25) is 0 Å². The van der Waals surface area contributed by atoms with Crippen LogP contribution in [0.4, 0.5) is 0 Å². The normalized spacial score (nSPS) is 12.1. The third kappa shape index (κ3) is 4.21. The fourth-order valence-electron chi connectivity index (χ4n) is 8.96. The average Bonchev–Trinajstić information content (AvgIpc) is 3.78. The van der Waals surface area contributed by atoms with Gasteiger partial charge in [-0.2, -0.15) is 0 Å². The second-order valence-electron chi connectivity index (χ2n) is 14.4. The molecule has 0 aliphatic carbocycles. The Morgan fingerprint density at radius 1 is 0.321 bits per heavy atom. The van der Waals surface area contributed by atoms with Gasteiger partial charge in [0, 0.05) is 43.7 Å². The second kappa shape index (κ2) is 11.4. The Balaban J connectivity index is 1.26. The van der Waals surface area contributed by atoms with Crippen LogP contribution in [0.1, 0.15) is 0 Å². The van der Waals surface area contributed by atoms with Crippen molar-refractivity contribution in [3.8, 4) is 22.5 Å². The van der Waals surface area contributed by atoms with E-state index in [4.69, 9.17) is 8.83 Å². The maximum Gasteiger partial charge on any atom is 0.344 e. The first-order valence-corrected chi connectivity index (χ1v) is 18.6. The number of benzene rings is 8. The van der Waals surface area contributed by atoms with E-state index >= 15 is 0 Å². The minimum atomic E-state index is -0.373. The highest BCUT2D eigenvalue weighted by molar-refractivity contribution is 6.22. The Labute approximate surface area is 317 Å². The van der Waals surface area contributed by atoms with E-state index < -0.39 is 0 Å². The van der Waals surface area contributed by atoms with Gasteiger partial charge in [0.05, 0.1) is 32.8 Å². The van der Waals surface area contributed by atoms with Gasteiger partial charge in [-0.25, -0.2) is 9.59 Å². The van der Waals surface area contributed by atoms with Gasteiger partial charge in [0.2, 0.25) is 0 Å². The minimum absolute atomic E-state index is 0.373. The molecule has 262 valence electrons. The van der Waals surface area contributed by atoms with Gasteiger partial charge >= 0.3 is 11.3 Å². The monoisotopic (exact) mass is 720 g/mol. The second-order valence-corrected chi connectivity index (χ2v) is 14.4. The van der Waals surface area contributed by atoms with E-state index in [2.05, 4.69) is 88.0 Å². The molecule has 0 fully saturated rings. The molecule has 0 amide bonds. The van der Waals surface area contributed by atoms with Crippen LogP contribution in [0.25, 0.3) is 110 Å². The van der Waals surface area contributed by atoms with Crippen LogP contribution in [0.5, 0.6) is 0 Å². The molecule has 0 radical (unpaired) electrons. The zero-order valence-electron chi connectivity index (χ0n) is 29.7. The zero-order chi connectivity index (χ0) is 37.1. The number of rotatable bonds is 3. The summed E-state index contributed by atoms with van der Waals surface area (Å²) in [5.74, 6) is 0. The molecule has 4 aromatic heterocycles. The number of aromatic nitrogens is 2. The summed E-state index contributed by atoms with van der Waals surface area (Å²) < 4.78 is 17.0. The van der Waals surface area contributed by atoms with Crippen LogP contribution in [-0.2, 0) is 0 Å². The van der Waals surface area contributed by atoms with Gasteiger partial charge in [0.1, 0.15) is 0 Å². The SMILES string of the molecule is O=c1oc2c(ccc3c4ccccc4n(-c4cc(-c5ccccc5)cc(-n5c6ccccc6c6ccc7c8ccccc8c(=O)oc7c65)c4)c32)c2ccccc12. The van der Waals surface area contributed by atoms with Crippen molar-refractivity contribution in [2.24, 2.45) is 0 Å². The summed E-state index contributed by atoms with van der Waals surface area (Å²) in [7, 11) is 0. The van der Waals surface area contributed by atoms with Gasteiger partial charge in [-0.1, -0.05) is 115 Å². The van der Waals surface area contributed by atoms with E-state index in [-0.39, 0.29) is 11.3 Å². The first-order chi connectivity index (χ1) is 27.6. The van der Waals surface area contributed by atoms with Crippen LogP contribution in [-0.4, -0.2) is 9.13 Å². The predicted molar refractivity (Wildman–Crippen MR) is 228 cm³/mol. The van der Waals surface area contributed by atoms with Gasteiger partial charge in [0.15, 0.2) is 11.2 Å². The number of hydrogen-bond donors (Lipinski definition) is 0. The summed E-state index contributed by atoms with van der Waals surface area (Å²) in [6.07, 6.45) is 0. The maximum atomic E-state index is 13.6. The van der Waals surface area contributed by atoms with Crippen LogP contribution in [0.15, 0.2) is 188 Å². The third-order valence-corrected chi connectivity index (χ3v) is 11.4. The van der Waals surface area contributed by atoms with E-state index in [1.54, 1.807) is 0 Å². The lowest BCUT2D eigenvalue weighted by atomic mass is 10.0. The Bertz CT molecular complexity index is 3530. The smallest absolute Gasteiger partial charge is 0.344 e. The van der Waals surface area contributed by atoms with Crippen molar-refractivity contribution in [1.29, 1.82) is 0 Å². The summed E-state index contributed by atoms with van der Waals surface area (Å²) in [6.45, 7) is 0. The number of para-hydroxylation sites is 2. The lowest BCUT2D eigenvalue weighted by Crippen LogP contribution is -2.03.